The molecule has 2 nitrogen and oxygen atoms in total. The molecule has 0 unspecified atom stereocenters. The van der Waals surface area contributed by atoms with Crippen LogP contribution in [0.3, 0.4) is 0 Å². The first-order chi connectivity index (χ1) is 4.11. The van der Waals surface area contributed by atoms with Gasteiger partial charge in [-0.25, -0.2) is 0 Å². The average Bonchev–Trinajstić information content (AvgIpc) is 2.08. The van der Waals surface area contributed by atoms with Crippen LogP contribution in [0.15, 0.2) is 12.3 Å². The van der Waals surface area contributed by atoms with E-state index < -0.39 is 6.30 Å². The first kappa shape index (κ1) is 6.41. The third-order valence-corrected chi connectivity index (χ3v) is 0.942. The lowest BCUT2D eigenvalue weighted by atomic mass is 10.6. The van der Waals surface area contributed by atoms with Gasteiger partial charge in [-0.3, -0.25) is 0 Å². The summed E-state index contributed by atoms with van der Waals surface area (Å²) in [4.78, 5) is 0. The van der Waals surface area contributed by atoms with Crippen LogP contribution in [-0.2, 0) is 0 Å². The first-order valence-corrected chi connectivity index (χ1v) is 2.36. The van der Waals surface area contributed by atoms with Gasteiger partial charge in [0, 0.05) is 12.7 Å². The van der Waals surface area contributed by atoms with Gasteiger partial charge in [0.1, 0.15) is 0 Å². The minimum Gasteiger partial charge on any atom is -0.319 e. The molecule has 0 saturated heterocycles. The smallest absolute Gasteiger partial charge is 0.319 e. The first-order valence-electron chi connectivity index (χ1n) is 2.36. The van der Waals surface area contributed by atoms with Crippen LogP contribution in [-0.4, -0.2) is 17.9 Å². The van der Waals surface area contributed by atoms with E-state index in [1.54, 1.807) is 0 Å². The van der Waals surface area contributed by atoms with Crippen molar-refractivity contribution < 1.29 is 13.2 Å². The maximum atomic E-state index is 11.6. The molecule has 1 N–H and O–H groups in total. The Bertz CT molecular complexity index is 120. The molecule has 0 fully saturated rings. The van der Waals surface area contributed by atoms with Crippen LogP contribution in [0.25, 0.3) is 0 Å². The summed E-state index contributed by atoms with van der Waals surface area (Å²) in [5.74, 6) is 0. The quantitative estimate of drug-likeness (QED) is 0.499. The van der Waals surface area contributed by atoms with Gasteiger partial charge in [-0.2, -0.15) is 13.2 Å². The zero-order chi connectivity index (χ0) is 6.91. The van der Waals surface area contributed by atoms with E-state index in [2.05, 4.69) is 0 Å². The molecule has 0 atom stereocenters. The fraction of sp³-hybridized carbons (Fsp3) is 0.500. The molecule has 0 aromatic carbocycles. The van der Waals surface area contributed by atoms with Crippen LogP contribution in [0.1, 0.15) is 0 Å². The fourth-order valence-corrected chi connectivity index (χ4v) is 0.530. The second kappa shape index (κ2) is 1.91. The van der Waals surface area contributed by atoms with Gasteiger partial charge in [0.15, 0.2) is 0 Å². The minimum atomic E-state index is -4.26. The Kier molecular flexibility index (Phi) is 1.36. The highest BCUT2D eigenvalue weighted by molar-refractivity contribution is 4.89. The van der Waals surface area contributed by atoms with E-state index in [0.717, 1.165) is 0 Å². The highest BCUT2D eigenvalue weighted by atomic mass is 19.4. The van der Waals surface area contributed by atoms with E-state index in [1.165, 1.54) is 12.3 Å². The van der Waals surface area contributed by atoms with Gasteiger partial charge in [0.2, 0.25) is 0 Å². The van der Waals surface area contributed by atoms with E-state index >= 15 is 0 Å². The Morgan fingerprint density at radius 3 is 2.33 bits per heavy atom. The lowest BCUT2D eigenvalue weighted by Gasteiger charge is -2.18. The van der Waals surface area contributed by atoms with E-state index in [0.29, 0.717) is 0 Å². The lowest BCUT2D eigenvalue weighted by Crippen LogP contribution is -2.42. The van der Waals surface area contributed by atoms with Crippen molar-refractivity contribution in [1.82, 2.24) is 10.4 Å². The number of alkyl halides is 3. The van der Waals surface area contributed by atoms with E-state index in [9.17, 15) is 13.2 Å². The Labute approximate surface area is 49.9 Å². The van der Waals surface area contributed by atoms with Crippen molar-refractivity contribution in [3.05, 3.63) is 12.3 Å². The zero-order valence-electron chi connectivity index (χ0n) is 4.44. The average molecular weight is 138 g/mol. The summed E-state index contributed by atoms with van der Waals surface area (Å²) in [7, 11) is 0. The van der Waals surface area contributed by atoms with Gasteiger partial charge in [-0.15, -0.1) is 5.01 Å². The predicted molar refractivity (Wildman–Crippen MR) is 25.0 cm³/mol. The third kappa shape index (κ3) is 1.35. The Balaban J connectivity index is 2.46. The molecule has 0 radical (unpaired) electrons. The molecule has 9 heavy (non-hydrogen) atoms. The van der Waals surface area contributed by atoms with E-state index in [4.69, 9.17) is 0 Å². The SMILES string of the molecule is FC(F)(F)N1CC=CN1. The molecule has 0 aromatic heterocycles. The maximum Gasteiger partial charge on any atom is 0.477 e. The number of rotatable bonds is 0. The van der Waals surface area contributed by atoms with Crippen molar-refractivity contribution >= 4 is 0 Å². The summed E-state index contributed by atoms with van der Waals surface area (Å²) in [6.07, 6.45) is -1.61. The molecule has 1 rings (SSSR count). The normalized spacial score (nSPS) is 20.3. The van der Waals surface area contributed by atoms with Crippen molar-refractivity contribution in [1.29, 1.82) is 0 Å². The van der Waals surface area contributed by atoms with Gasteiger partial charge in [0.25, 0.3) is 0 Å². The molecule has 0 bridgehead atoms. The topological polar surface area (TPSA) is 15.3 Å². The number of hydrogen-bond acceptors (Lipinski definition) is 2. The third-order valence-electron chi connectivity index (χ3n) is 0.942. The van der Waals surface area contributed by atoms with Crippen molar-refractivity contribution in [3.63, 3.8) is 0 Å². The van der Waals surface area contributed by atoms with Crippen molar-refractivity contribution in [3.8, 4) is 0 Å². The lowest BCUT2D eigenvalue weighted by molar-refractivity contribution is -0.252. The Morgan fingerprint density at radius 1 is 1.44 bits per heavy atom. The second-order valence-corrected chi connectivity index (χ2v) is 1.61. The zero-order valence-corrected chi connectivity index (χ0v) is 4.44. The van der Waals surface area contributed by atoms with Crippen molar-refractivity contribution in [2.24, 2.45) is 0 Å². The van der Waals surface area contributed by atoms with Crippen LogP contribution in [0, 0.1) is 0 Å². The number of nitrogens with zero attached hydrogens (tertiary/aromatic N) is 1. The number of hydrogen-bond donors (Lipinski definition) is 1. The van der Waals surface area contributed by atoms with Gasteiger partial charge in [-0.05, 0) is 0 Å². The van der Waals surface area contributed by atoms with Crippen LogP contribution >= 0.6 is 0 Å². The second-order valence-electron chi connectivity index (χ2n) is 1.61. The molecule has 52 valence electrons. The number of hydrazine groups is 1. The van der Waals surface area contributed by atoms with Crippen molar-refractivity contribution in [2.45, 2.75) is 6.30 Å². The summed E-state index contributed by atoms with van der Waals surface area (Å²) < 4.78 is 34.8. The number of nitrogens with one attached hydrogen (secondary N) is 1. The molecule has 1 heterocycles. The van der Waals surface area contributed by atoms with Gasteiger partial charge in [-0.1, -0.05) is 6.08 Å². The van der Waals surface area contributed by atoms with E-state index in [1.807, 2.05) is 5.43 Å². The molecule has 0 amide bonds. The molecule has 1 aliphatic rings. The minimum absolute atomic E-state index is 0.108. The maximum absolute atomic E-state index is 11.6. The summed E-state index contributed by atoms with van der Waals surface area (Å²) >= 11 is 0. The number of halogens is 3. The molecule has 0 aliphatic carbocycles. The summed E-state index contributed by atoms with van der Waals surface area (Å²) in [5, 5.41) is 0.188. The van der Waals surface area contributed by atoms with Gasteiger partial charge >= 0.3 is 6.30 Å². The Hall–Kier alpha value is -0.710. The fourth-order valence-electron chi connectivity index (χ4n) is 0.530. The van der Waals surface area contributed by atoms with Crippen LogP contribution < -0.4 is 5.43 Å². The molecule has 0 saturated carbocycles. The molecule has 1 aliphatic heterocycles. The summed E-state index contributed by atoms with van der Waals surface area (Å²) in [6, 6.07) is 0. The van der Waals surface area contributed by atoms with Crippen molar-refractivity contribution in [2.75, 3.05) is 6.54 Å². The van der Waals surface area contributed by atoms with E-state index in [-0.39, 0.29) is 11.6 Å². The summed E-state index contributed by atoms with van der Waals surface area (Å²) in [6.45, 7) is -0.108. The molecular weight excluding hydrogens is 133 g/mol. The van der Waals surface area contributed by atoms with Crippen LogP contribution in [0.2, 0.25) is 0 Å². The highest BCUT2D eigenvalue weighted by Crippen LogP contribution is 2.19. The monoisotopic (exact) mass is 138 g/mol. The van der Waals surface area contributed by atoms with Crippen LogP contribution in [0.5, 0.6) is 0 Å². The molecular formula is C4H5F3N2. The standard InChI is InChI=1S/C4H5F3N2/c5-4(6,7)9-3-1-2-8-9/h1-2,8H,3H2. The van der Waals surface area contributed by atoms with Crippen LogP contribution in [0.4, 0.5) is 13.2 Å². The molecule has 0 aromatic rings. The Morgan fingerprint density at radius 2 is 2.11 bits per heavy atom. The van der Waals surface area contributed by atoms with Gasteiger partial charge in [0.05, 0.1) is 0 Å². The molecule has 5 heteroatoms. The predicted octanol–water partition coefficient (Wildman–Crippen LogP) is 0.840. The molecule has 0 spiro atoms. The van der Waals surface area contributed by atoms with Gasteiger partial charge < -0.3 is 5.43 Å². The highest BCUT2D eigenvalue weighted by Gasteiger charge is 2.37. The summed E-state index contributed by atoms with van der Waals surface area (Å²) in [5.41, 5.74) is 2.02. The largest absolute Gasteiger partial charge is 0.477 e.